The number of hydrogen-bond donors (Lipinski definition) is 4. The molecule has 10 heteroatoms. The summed E-state index contributed by atoms with van der Waals surface area (Å²) in [5, 5.41) is 5.68. The van der Waals surface area contributed by atoms with Gasteiger partial charge in [0.2, 0.25) is 0 Å². The summed E-state index contributed by atoms with van der Waals surface area (Å²) in [6.07, 6.45) is 8.95. The van der Waals surface area contributed by atoms with Gasteiger partial charge in [0.25, 0.3) is 0 Å². The lowest BCUT2D eigenvalue weighted by Gasteiger charge is -2.29. The summed E-state index contributed by atoms with van der Waals surface area (Å²) in [4.78, 5) is 28.6. The fraction of sp³-hybridized carbons (Fsp3) is 0.923. The van der Waals surface area contributed by atoms with Crippen molar-refractivity contribution in [3.63, 3.8) is 0 Å². The van der Waals surface area contributed by atoms with E-state index in [1.807, 2.05) is 0 Å². The molecule has 0 spiro atoms. The molecule has 0 aromatic carbocycles. The Hall–Kier alpha value is -1.30. The van der Waals surface area contributed by atoms with E-state index in [9.17, 15) is 9.59 Å². The Morgan fingerprint density at radius 2 is 1.19 bits per heavy atom. The summed E-state index contributed by atoms with van der Waals surface area (Å²) in [5.41, 5.74) is 11.8. The van der Waals surface area contributed by atoms with Crippen LogP contribution in [-0.4, -0.2) is 112 Å². The molecule has 0 radical (unpaired) electrons. The lowest BCUT2D eigenvalue weighted by atomic mass is 10.1. The molecule has 2 aliphatic heterocycles. The standard InChI is InChI=1S/C26H52N6O4/c27-23-7-13-31(14-8-23)17-21-35-19-4-6-25(33)5-2-1-3-11-29-26(34)30-12-20-36-22-18-32-15-9-24(28)10-16-32/h23-24H,1-22,27-28H2,(H2,29,30,34). The molecule has 2 aliphatic rings. The quantitative estimate of drug-likeness (QED) is 0.189. The van der Waals surface area contributed by atoms with Gasteiger partial charge in [-0.15, -0.1) is 0 Å². The van der Waals surface area contributed by atoms with Crippen LogP contribution in [0.4, 0.5) is 4.79 Å². The van der Waals surface area contributed by atoms with Crippen LogP contribution in [0.1, 0.15) is 64.2 Å². The van der Waals surface area contributed by atoms with Crippen molar-refractivity contribution in [1.29, 1.82) is 0 Å². The number of likely N-dealkylation sites (tertiary alicyclic amines) is 2. The number of Topliss-reactive ketones (excluding diaryl/α,β-unsaturated/α-hetero) is 1. The number of unbranched alkanes of at least 4 members (excludes halogenated alkanes) is 2. The van der Waals surface area contributed by atoms with Crippen molar-refractivity contribution in [2.24, 2.45) is 11.5 Å². The van der Waals surface area contributed by atoms with E-state index in [0.717, 1.165) is 97.2 Å². The van der Waals surface area contributed by atoms with Gasteiger partial charge in [-0.1, -0.05) is 6.42 Å². The lowest BCUT2D eigenvalue weighted by molar-refractivity contribution is -0.119. The molecule has 2 saturated heterocycles. The number of ether oxygens (including phenoxy) is 2. The number of urea groups is 1. The van der Waals surface area contributed by atoms with E-state index in [-0.39, 0.29) is 6.03 Å². The molecular weight excluding hydrogens is 460 g/mol. The number of carbonyl (C=O) groups excluding carboxylic acids is 2. The molecule has 0 bridgehead atoms. The SMILES string of the molecule is NC1CCN(CCOCCCC(=O)CCCCCNC(=O)NCCOCCN2CCC(N)CC2)CC1. The average Bonchev–Trinajstić information content (AvgIpc) is 2.87. The van der Waals surface area contributed by atoms with E-state index in [4.69, 9.17) is 20.9 Å². The third kappa shape index (κ3) is 15.7. The second-order valence-corrected chi connectivity index (χ2v) is 10.2. The monoisotopic (exact) mass is 512 g/mol. The second kappa shape index (κ2) is 19.8. The Kier molecular flexibility index (Phi) is 17.0. The van der Waals surface area contributed by atoms with Crippen molar-refractivity contribution >= 4 is 11.8 Å². The van der Waals surface area contributed by atoms with Crippen molar-refractivity contribution < 1.29 is 19.1 Å². The molecule has 10 nitrogen and oxygen atoms in total. The number of carbonyl (C=O) groups is 2. The Morgan fingerprint density at radius 1 is 0.667 bits per heavy atom. The molecule has 6 N–H and O–H groups in total. The number of nitrogens with two attached hydrogens (primary N) is 2. The van der Waals surface area contributed by atoms with Gasteiger partial charge >= 0.3 is 6.03 Å². The first-order valence-corrected chi connectivity index (χ1v) is 14.2. The third-order valence-electron chi connectivity index (χ3n) is 7.06. The van der Waals surface area contributed by atoms with Gasteiger partial charge < -0.3 is 41.4 Å². The van der Waals surface area contributed by atoms with Crippen LogP contribution in [0.15, 0.2) is 0 Å². The van der Waals surface area contributed by atoms with Crippen LogP contribution in [0, 0.1) is 0 Å². The molecule has 2 amide bonds. The van der Waals surface area contributed by atoms with E-state index in [0.29, 0.717) is 63.6 Å². The molecule has 0 saturated carbocycles. The van der Waals surface area contributed by atoms with E-state index in [1.165, 1.54) is 0 Å². The summed E-state index contributed by atoms with van der Waals surface area (Å²) in [6.45, 7) is 9.79. The Bertz CT molecular complexity index is 531. The number of amides is 2. The number of nitrogens with zero attached hydrogens (tertiary/aromatic N) is 2. The van der Waals surface area contributed by atoms with Gasteiger partial charge in [0.1, 0.15) is 5.78 Å². The maximum atomic E-state index is 12.0. The zero-order valence-electron chi connectivity index (χ0n) is 22.4. The highest BCUT2D eigenvalue weighted by Gasteiger charge is 2.16. The summed E-state index contributed by atoms with van der Waals surface area (Å²) in [5.74, 6) is 0.304. The number of ketones is 1. The normalized spacial score (nSPS) is 18.4. The molecule has 0 unspecified atom stereocenters. The third-order valence-corrected chi connectivity index (χ3v) is 7.06. The summed E-state index contributed by atoms with van der Waals surface area (Å²) in [6, 6.07) is 0.548. The first-order chi connectivity index (χ1) is 17.5. The van der Waals surface area contributed by atoms with E-state index < -0.39 is 0 Å². The first-order valence-electron chi connectivity index (χ1n) is 14.2. The van der Waals surface area contributed by atoms with Crippen LogP contribution in [-0.2, 0) is 14.3 Å². The smallest absolute Gasteiger partial charge is 0.314 e. The number of rotatable bonds is 19. The topological polar surface area (TPSA) is 135 Å². The van der Waals surface area contributed by atoms with Gasteiger partial charge in [0, 0.05) is 57.7 Å². The van der Waals surface area contributed by atoms with Gasteiger partial charge in [-0.3, -0.25) is 4.79 Å². The van der Waals surface area contributed by atoms with Gasteiger partial charge in [0.05, 0.1) is 19.8 Å². The maximum Gasteiger partial charge on any atom is 0.314 e. The number of hydrogen-bond acceptors (Lipinski definition) is 8. The maximum absolute atomic E-state index is 12.0. The highest BCUT2D eigenvalue weighted by molar-refractivity contribution is 5.78. The molecule has 36 heavy (non-hydrogen) atoms. The minimum atomic E-state index is -0.163. The zero-order chi connectivity index (χ0) is 25.8. The molecular formula is C26H52N6O4. The fourth-order valence-corrected chi connectivity index (χ4v) is 4.57. The lowest BCUT2D eigenvalue weighted by Crippen LogP contribution is -2.41. The molecule has 0 aliphatic carbocycles. The summed E-state index contributed by atoms with van der Waals surface area (Å²) >= 11 is 0. The van der Waals surface area contributed by atoms with Crippen LogP contribution in [0.5, 0.6) is 0 Å². The van der Waals surface area contributed by atoms with E-state index >= 15 is 0 Å². The van der Waals surface area contributed by atoms with Gasteiger partial charge in [-0.25, -0.2) is 4.79 Å². The minimum absolute atomic E-state index is 0.163. The van der Waals surface area contributed by atoms with Crippen LogP contribution >= 0.6 is 0 Å². The Morgan fingerprint density at radius 3 is 1.81 bits per heavy atom. The summed E-state index contributed by atoms with van der Waals surface area (Å²) < 4.78 is 11.3. The van der Waals surface area contributed by atoms with Crippen molar-refractivity contribution in [1.82, 2.24) is 20.4 Å². The molecule has 0 aromatic rings. The number of piperidine rings is 2. The Balaban J connectivity index is 1.28. The molecule has 2 rings (SSSR count). The molecule has 210 valence electrons. The summed E-state index contributed by atoms with van der Waals surface area (Å²) in [7, 11) is 0. The van der Waals surface area contributed by atoms with E-state index in [1.54, 1.807) is 0 Å². The van der Waals surface area contributed by atoms with E-state index in [2.05, 4.69) is 20.4 Å². The largest absolute Gasteiger partial charge is 0.380 e. The number of nitrogens with one attached hydrogen (secondary N) is 2. The fourth-order valence-electron chi connectivity index (χ4n) is 4.57. The molecule has 2 fully saturated rings. The van der Waals surface area contributed by atoms with Crippen molar-refractivity contribution in [3.8, 4) is 0 Å². The van der Waals surface area contributed by atoms with Gasteiger partial charge in [-0.2, -0.15) is 0 Å². The van der Waals surface area contributed by atoms with Gasteiger partial charge in [0.15, 0.2) is 0 Å². The average molecular weight is 513 g/mol. The van der Waals surface area contributed by atoms with Crippen molar-refractivity contribution in [3.05, 3.63) is 0 Å². The predicted molar refractivity (Wildman–Crippen MR) is 143 cm³/mol. The first kappa shape index (κ1) is 30.9. The minimum Gasteiger partial charge on any atom is -0.380 e. The van der Waals surface area contributed by atoms with Crippen molar-refractivity contribution in [2.75, 3.05) is 78.8 Å². The van der Waals surface area contributed by atoms with Crippen LogP contribution < -0.4 is 22.1 Å². The second-order valence-electron chi connectivity index (χ2n) is 10.2. The zero-order valence-corrected chi connectivity index (χ0v) is 22.4. The van der Waals surface area contributed by atoms with Crippen molar-refractivity contribution in [2.45, 2.75) is 76.3 Å². The highest BCUT2D eigenvalue weighted by atomic mass is 16.5. The Labute approximate surface area is 218 Å². The molecule has 2 heterocycles. The highest BCUT2D eigenvalue weighted by Crippen LogP contribution is 2.08. The molecule has 0 atom stereocenters. The van der Waals surface area contributed by atoms with Crippen LogP contribution in [0.2, 0.25) is 0 Å². The molecule has 0 aromatic heterocycles. The van der Waals surface area contributed by atoms with Gasteiger partial charge in [-0.05, 0) is 71.1 Å². The predicted octanol–water partition coefficient (Wildman–Crippen LogP) is 1.07. The van der Waals surface area contributed by atoms with Crippen LogP contribution in [0.25, 0.3) is 0 Å². The van der Waals surface area contributed by atoms with Crippen LogP contribution in [0.3, 0.4) is 0 Å².